The van der Waals surface area contributed by atoms with Crippen molar-refractivity contribution in [1.82, 2.24) is 14.5 Å². The molecule has 0 fully saturated rings. The van der Waals surface area contributed by atoms with Gasteiger partial charge in [-0.05, 0) is 55.0 Å². The highest BCUT2D eigenvalue weighted by Crippen LogP contribution is 2.32. The van der Waals surface area contributed by atoms with Gasteiger partial charge >= 0.3 is 0 Å². The molecule has 0 radical (unpaired) electrons. The van der Waals surface area contributed by atoms with Gasteiger partial charge in [0.2, 0.25) is 26.6 Å². The molecule has 10 heteroatoms. The third-order valence-electron chi connectivity index (χ3n) is 4.50. The summed E-state index contributed by atoms with van der Waals surface area (Å²) >= 11 is 3.30. The number of hydrogen-bond acceptors (Lipinski definition) is 6. The highest BCUT2D eigenvalue weighted by atomic mass is 79.9. The SMILES string of the molecule is O=S(=O)(c1ccc(Br)cc1)c1nc(-c2ccc(F)cc2)oc1NCCCn1ccnc1. The molecule has 2 heterocycles. The molecule has 0 saturated carbocycles. The van der Waals surface area contributed by atoms with Crippen LogP contribution in [0.3, 0.4) is 0 Å². The molecule has 0 spiro atoms. The van der Waals surface area contributed by atoms with Crippen molar-refractivity contribution in [3.8, 4) is 11.5 Å². The van der Waals surface area contributed by atoms with Gasteiger partial charge in [0.1, 0.15) is 5.82 Å². The van der Waals surface area contributed by atoms with E-state index in [1.807, 2.05) is 10.8 Å². The van der Waals surface area contributed by atoms with E-state index in [-0.39, 0.29) is 21.7 Å². The third kappa shape index (κ3) is 4.86. The number of benzene rings is 2. The molecule has 0 unspecified atom stereocenters. The minimum Gasteiger partial charge on any atom is -0.419 e. The number of imidazole rings is 1. The largest absolute Gasteiger partial charge is 0.419 e. The molecular formula is C21H18BrFN4O3S. The zero-order valence-electron chi connectivity index (χ0n) is 16.2. The van der Waals surface area contributed by atoms with E-state index in [4.69, 9.17) is 4.42 Å². The van der Waals surface area contributed by atoms with Gasteiger partial charge in [-0.3, -0.25) is 0 Å². The molecule has 0 atom stereocenters. The van der Waals surface area contributed by atoms with E-state index < -0.39 is 15.7 Å². The number of oxazole rings is 1. The highest BCUT2D eigenvalue weighted by Gasteiger charge is 2.28. The summed E-state index contributed by atoms with van der Waals surface area (Å²) in [5.74, 6) is -0.267. The molecule has 0 aliphatic carbocycles. The van der Waals surface area contributed by atoms with Crippen LogP contribution in [0.2, 0.25) is 0 Å². The monoisotopic (exact) mass is 504 g/mol. The molecule has 2 aromatic carbocycles. The average Bonchev–Trinajstić information content (AvgIpc) is 3.42. The van der Waals surface area contributed by atoms with Gasteiger partial charge in [-0.1, -0.05) is 15.9 Å². The summed E-state index contributed by atoms with van der Waals surface area (Å²) in [6, 6.07) is 11.8. The topological polar surface area (TPSA) is 90.0 Å². The minimum absolute atomic E-state index is 0.0490. The minimum atomic E-state index is -3.94. The lowest BCUT2D eigenvalue weighted by atomic mass is 10.2. The van der Waals surface area contributed by atoms with Crippen LogP contribution < -0.4 is 5.32 Å². The fourth-order valence-corrected chi connectivity index (χ4v) is 4.47. The number of aryl methyl sites for hydroxylation is 1. The number of nitrogens with zero attached hydrogens (tertiary/aromatic N) is 3. The molecule has 4 rings (SSSR count). The maximum atomic E-state index is 13.3. The van der Waals surface area contributed by atoms with Gasteiger partial charge in [0.25, 0.3) is 0 Å². The maximum absolute atomic E-state index is 13.3. The van der Waals surface area contributed by atoms with E-state index in [0.717, 1.165) is 4.47 Å². The van der Waals surface area contributed by atoms with Crippen LogP contribution in [-0.2, 0) is 16.4 Å². The van der Waals surface area contributed by atoms with Crippen LogP contribution in [0.4, 0.5) is 10.3 Å². The van der Waals surface area contributed by atoms with Crippen molar-refractivity contribution >= 4 is 31.7 Å². The number of halogens is 2. The van der Waals surface area contributed by atoms with E-state index in [9.17, 15) is 12.8 Å². The first-order valence-electron chi connectivity index (χ1n) is 9.40. The molecule has 7 nitrogen and oxygen atoms in total. The summed E-state index contributed by atoms with van der Waals surface area (Å²) in [6.45, 7) is 1.17. The first-order valence-corrected chi connectivity index (χ1v) is 11.7. The third-order valence-corrected chi connectivity index (χ3v) is 6.71. The van der Waals surface area contributed by atoms with Crippen molar-refractivity contribution in [2.24, 2.45) is 0 Å². The van der Waals surface area contributed by atoms with Gasteiger partial charge in [0.05, 0.1) is 11.2 Å². The van der Waals surface area contributed by atoms with Crippen LogP contribution >= 0.6 is 15.9 Å². The number of anilines is 1. The molecule has 1 N–H and O–H groups in total. The van der Waals surface area contributed by atoms with Gasteiger partial charge in [-0.15, -0.1) is 0 Å². The molecular weight excluding hydrogens is 487 g/mol. The molecule has 31 heavy (non-hydrogen) atoms. The Kier molecular flexibility index (Phi) is 6.19. The number of hydrogen-bond donors (Lipinski definition) is 1. The van der Waals surface area contributed by atoms with Gasteiger partial charge in [-0.2, -0.15) is 4.98 Å². The summed E-state index contributed by atoms with van der Waals surface area (Å²) in [7, 11) is -3.94. The first kappa shape index (κ1) is 21.3. The van der Waals surface area contributed by atoms with Gasteiger partial charge in [0.15, 0.2) is 0 Å². The van der Waals surface area contributed by atoms with E-state index in [1.54, 1.807) is 24.7 Å². The van der Waals surface area contributed by atoms with Crippen LogP contribution in [0.15, 0.2) is 86.1 Å². The molecule has 0 aliphatic rings. The number of aromatic nitrogens is 3. The Hall–Kier alpha value is -2.98. The Morgan fingerprint density at radius 2 is 1.84 bits per heavy atom. The summed E-state index contributed by atoms with van der Waals surface area (Å²) < 4.78 is 48.2. The van der Waals surface area contributed by atoms with Crippen molar-refractivity contribution in [2.75, 3.05) is 11.9 Å². The Morgan fingerprint density at radius 1 is 1.10 bits per heavy atom. The lowest BCUT2D eigenvalue weighted by Gasteiger charge is -2.07. The second-order valence-electron chi connectivity index (χ2n) is 6.70. The molecule has 0 amide bonds. The lowest BCUT2D eigenvalue weighted by molar-refractivity contribution is 0.571. The predicted octanol–water partition coefficient (Wildman–Crippen LogP) is 4.77. The standard InChI is InChI=1S/C21H18BrFN4O3S/c22-16-4-8-18(9-5-16)31(28,29)21-20(25-10-1-12-27-13-11-24-14-27)30-19(26-21)15-2-6-17(23)7-3-15/h2-9,11,13-14,25H,1,10,12H2. The van der Waals surface area contributed by atoms with Crippen LogP contribution in [0, 0.1) is 5.82 Å². The first-order chi connectivity index (χ1) is 14.9. The number of sulfone groups is 1. The summed E-state index contributed by atoms with van der Waals surface area (Å²) in [5.41, 5.74) is 0.472. The maximum Gasteiger partial charge on any atom is 0.233 e. The zero-order valence-corrected chi connectivity index (χ0v) is 18.6. The Balaban J connectivity index is 1.64. The van der Waals surface area contributed by atoms with Crippen LogP contribution in [0.25, 0.3) is 11.5 Å². The smallest absolute Gasteiger partial charge is 0.233 e. The predicted molar refractivity (Wildman–Crippen MR) is 117 cm³/mol. The fraction of sp³-hybridized carbons (Fsp3) is 0.143. The van der Waals surface area contributed by atoms with Crippen molar-refractivity contribution in [2.45, 2.75) is 22.9 Å². The molecule has 0 saturated heterocycles. The second-order valence-corrected chi connectivity index (χ2v) is 9.48. The molecule has 0 aliphatic heterocycles. The van der Waals surface area contributed by atoms with Gasteiger partial charge in [0, 0.05) is 35.5 Å². The molecule has 4 aromatic rings. The molecule has 0 bridgehead atoms. The summed E-state index contributed by atoms with van der Waals surface area (Å²) in [5, 5.41) is 2.83. The van der Waals surface area contributed by atoms with Crippen molar-refractivity contribution in [3.63, 3.8) is 0 Å². The van der Waals surface area contributed by atoms with Crippen LogP contribution in [0.1, 0.15) is 6.42 Å². The number of nitrogens with one attached hydrogen (secondary N) is 1. The highest BCUT2D eigenvalue weighted by molar-refractivity contribution is 9.10. The summed E-state index contributed by atoms with van der Waals surface area (Å²) in [6.07, 6.45) is 5.97. The summed E-state index contributed by atoms with van der Waals surface area (Å²) in [4.78, 5) is 8.33. The van der Waals surface area contributed by atoms with E-state index in [1.165, 1.54) is 36.4 Å². The van der Waals surface area contributed by atoms with Crippen LogP contribution in [-0.4, -0.2) is 29.5 Å². The molecule has 2 aromatic heterocycles. The fourth-order valence-electron chi connectivity index (χ4n) is 2.92. The zero-order chi connectivity index (χ0) is 21.8. The van der Waals surface area contributed by atoms with E-state index >= 15 is 0 Å². The van der Waals surface area contributed by atoms with Gasteiger partial charge in [-0.25, -0.2) is 17.8 Å². The second kappa shape index (κ2) is 9.03. The average molecular weight is 505 g/mol. The van der Waals surface area contributed by atoms with E-state index in [0.29, 0.717) is 25.1 Å². The number of rotatable bonds is 8. The van der Waals surface area contributed by atoms with Gasteiger partial charge < -0.3 is 14.3 Å². The van der Waals surface area contributed by atoms with E-state index in [2.05, 4.69) is 31.2 Å². The Bertz CT molecular complexity index is 1260. The van der Waals surface area contributed by atoms with Crippen molar-refractivity contribution in [1.29, 1.82) is 0 Å². The normalized spacial score (nSPS) is 11.5. The van der Waals surface area contributed by atoms with Crippen molar-refractivity contribution < 1.29 is 17.2 Å². The Morgan fingerprint density at radius 3 is 2.52 bits per heavy atom. The Labute approximate surface area is 187 Å². The van der Waals surface area contributed by atoms with Crippen molar-refractivity contribution in [3.05, 3.63) is 77.5 Å². The molecule has 160 valence electrons. The van der Waals surface area contributed by atoms with Crippen LogP contribution in [0.5, 0.6) is 0 Å². The quantitative estimate of drug-likeness (QED) is 0.347. The lowest BCUT2D eigenvalue weighted by Crippen LogP contribution is -2.10.